The highest BCUT2D eigenvalue weighted by molar-refractivity contribution is 7.09. The van der Waals surface area contributed by atoms with Crippen LogP contribution in [0, 0.1) is 0 Å². The number of hydrogen-bond donors (Lipinski definition) is 0. The average Bonchev–Trinajstić information content (AvgIpc) is 3.17. The Morgan fingerprint density at radius 1 is 1.44 bits per heavy atom. The van der Waals surface area contributed by atoms with Crippen molar-refractivity contribution < 1.29 is 14.3 Å². The summed E-state index contributed by atoms with van der Waals surface area (Å²) in [7, 11) is 1.77. The number of amides is 1. The van der Waals surface area contributed by atoms with Crippen LogP contribution in [0.2, 0.25) is 0 Å². The lowest BCUT2D eigenvalue weighted by Gasteiger charge is -2.29. The monoisotopic (exact) mass is 390 g/mol. The van der Waals surface area contributed by atoms with E-state index in [1.165, 1.54) is 0 Å². The van der Waals surface area contributed by atoms with Gasteiger partial charge in [-0.3, -0.25) is 9.78 Å². The molecule has 1 aliphatic rings. The third kappa shape index (κ3) is 5.03. The van der Waals surface area contributed by atoms with Crippen molar-refractivity contribution in [1.82, 2.24) is 14.9 Å². The van der Waals surface area contributed by atoms with E-state index in [2.05, 4.69) is 14.9 Å². The number of aromatic nitrogens is 2. The van der Waals surface area contributed by atoms with Crippen molar-refractivity contribution in [3.05, 3.63) is 40.1 Å². The Bertz CT molecular complexity index is 761. The zero-order valence-electron chi connectivity index (χ0n) is 16.1. The van der Waals surface area contributed by atoms with E-state index in [1.54, 1.807) is 29.5 Å². The minimum Gasteiger partial charge on any atom is -0.378 e. The molecule has 1 amide bonds. The van der Waals surface area contributed by atoms with Crippen LogP contribution in [0.3, 0.4) is 0 Å². The van der Waals surface area contributed by atoms with Crippen molar-refractivity contribution >= 4 is 22.9 Å². The molecule has 0 saturated carbocycles. The number of rotatable bonds is 7. The van der Waals surface area contributed by atoms with Crippen LogP contribution < -0.4 is 4.90 Å². The van der Waals surface area contributed by atoms with Crippen molar-refractivity contribution in [2.45, 2.75) is 26.5 Å². The second-order valence-electron chi connectivity index (χ2n) is 6.43. The van der Waals surface area contributed by atoms with Crippen molar-refractivity contribution in [3.63, 3.8) is 0 Å². The highest BCUT2D eigenvalue weighted by Gasteiger charge is 2.18. The molecular formula is C19H26N4O3S. The van der Waals surface area contributed by atoms with Gasteiger partial charge in [-0.2, -0.15) is 0 Å². The molecule has 1 unspecified atom stereocenters. The van der Waals surface area contributed by atoms with Gasteiger partial charge in [-0.15, -0.1) is 11.3 Å². The minimum absolute atomic E-state index is 0.0263. The summed E-state index contributed by atoms with van der Waals surface area (Å²) < 4.78 is 11.0. The molecule has 8 heteroatoms. The molecule has 1 fully saturated rings. The fourth-order valence-corrected chi connectivity index (χ4v) is 3.78. The maximum atomic E-state index is 12.8. The van der Waals surface area contributed by atoms with Crippen LogP contribution in [0.4, 0.5) is 5.69 Å². The van der Waals surface area contributed by atoms with Gasteiger partial charge in [-0.05, 0) is 26.0 Å². The fourth-order valence-electron chi connectivity index (χ4n) is 2.97. The maximum Gasteiger partial charge on any atom is 0.272 e. The zero-order chi connectivity index (χ0) is 19.2. The second kappa shape index (κ2) is 9.25. The first kappa shape index (κ1) is 19.7. The third-order valence-electron chi connectivity index (χ3n) is 4.42. The quantitative estimate of drug-likeness (QED) is 0.724. The lowest BCUT2D eigenvalue weighted by Crippen LogP contribution is -2.36. The Kier molecular flexibility index (Phi) is 6.76. The molecular weight excluding hydrogens is 364 g/mol. The number of carbonyl (C=O) groups excluding carboxylic acids is 1. The number of ether oxygens (including phenoxy) is 2. The highest BCUT2D eigenvalue weighted by Crippen LogP contribution is 2.22. The Morgan fingerprint density at radius 3 is 2.96 bits per heavy atom. The molecule has 0 spiro atoms. The number of nitrogens with zero attached hydrogens (tertiary/aromatic N) is 4. The molecule has 2 aromatic heterocycles. The van der Waals surface area contributed by atoms with Crippen molar-refractivity contribution in [1.29, 1.82) is 0 Å². The molecule has 2 aromatic rings. The molecule has 0 radical (unpaired) electrons. The van der Waals surface area contributed by atoms with Crippen molar-refractivity contribution in [2.24, 2.45) is 0 Å². The molecule has 7 nitrogen and oxygen atoms in total. The van der Waals surface area contributed by atoms with Gasteiger partial charge >= 0.3 is 0 Å². The number of thiazole rings is 1. The van der Waals surface area contributed by atoms with Crippen molar-refractivity contribution in [2.75, 3.05) is 44.9 Å². The normalized spacial score (nSPS) is 15.6. The highest BCUT2D eigenvalue weighted by atomic mass is 32.1. The first-order valence-electron chi connectivity index (χ1n) is 9.18. The number of pyridine rings is 1. The maximum absolute atomic E-state index is 12.8. The van der Waals surface area contributed by atoms with Crippen LogP contribution in [-0.4, -0.2) is 60.7 Å². The lowest BCUT2D eigenvalue weighted by molar-refractivity contribution is 0.0755. The van der Waals surface area contributed by atoms with Crippen LogP contribution >= 0.6 is 11.3 Å². The van der Waals surface area contributed by atoms with E-state index in [0.717, 1.165) is 29.5 Å². The first-order chi connectivity index (χ1) is 13.1. The SMILES string of the molecule is CCOC(C)c1nc(CN(C)C(=O)c2cc(N3CCOCC3)ccn2)cs1. The van der Waals surface area contributed by atoms with Gasteiger partial charge in [0.25, 0.3) is 5.91 Å². The van der Waals surface area contributed by atoms with Crippen LogP contribution in [0.1, 0.15) is 41.1 Å². The van der Waals surface area contributed by atoms with Gasteiger partial charge < -0.3 is 19.3 Å². The van der Waals surface area contributed by atoms with Crippen molar-refractivity contribution in [3.8, 4) is 0 Å². The average molecular weight is 391 g/mol. The summed E-state index contributed by atoms with van der Waals surface area (Å²) in [6.45, 7) is 8.12. The molecule has 1 saturated heterocycles. The standard InChI is InChI=1S/C19H26N4O3S/c1-4-26-14(2)18-21-15(13-27-18)12-22(3)19(24)17-11-16(5-6-20-17)23-7-9-25-10-8-23/h5-6,11,13-14H,4,7-10,12H2,1-3H3. The molecule has 3 rings (SSSR count). The van der Waals surface area contributed by atoms with Crippen LogP contribution in [0.5, 0.6) is 0 Å². The summed E-state index contributed by atoms with van der Waals surface area (Å²) in [4.78, 5) is 25.5. The van der Waals surface area contributed by atoms with E-state index in [9.17, 15) is 4.79 Å². The molecule has 1 atom stereocenters. The number of anilines is 1. The predicted molar refractivity (Wildman–Crippen MR) is 105 cm³/mol. The molecule has 27 heavy (non-hydrogen) atoms. The Labute approximate surface area is 163 Å². The van der Waals surface area contributed by atoms with Crippen LogP contribution in [0.15, 0.2) is 23.7 Å². The third-order valence-corrected chi connectivity index (χ3v) is 5.47. The number of hydrogen-bond acceptors (Lipinski definition) is 7. The Hall–Kier alpha value is -2.03. The van der Waals surface area contributed by atoms with Gasteiger partial charge in [-0.25, -0.2) is 4.98 Å². The van der Waals surface area contributed by atoms with E-state index >= 15 is 0 Å². The van der Waals surface area contributed by atoms with E-state index in [4.69, 9.17) is 9.47 Å². The van der Waals surface area contributed by atoms with E-state index in [0.29, 0.717) is 32.1 Å². The minimum atomic E-state index is -0.113. The van der Waals surface area contributed by atoms with Gasteiger partial charge in [0.2, 0.25) is 0 Å². The van der Waals surface area contributed by atoms with E-state index in [1.807, 2.05) is 31.4 Å². The Balaban J connectivity index is 1.65. The summed E-state index contributed by atoms with van der Waals surface area (Å²) in [6.07, 6.45) is 1.66. The van der Waals surface area contributed by atoms with Gasteiger partial charge in [-0.1, -0.05) is 0 Å². The van der Waals surface area contributed by atoms with Crippen LogP contribution in [0.25, 0.3) is 0 Å². The summed E-state index contributed by atoms with van der Waals surface area (Å²) in [5.41, 5.74) is 2.31. The summed E-state index contributed by atoms with van der Waals surface area (Å²) in [6, 6.07) is 3.79. The molecule has 0 bridgehead atoms. The van der Waals surface area contributed by atoms with Crippen LogP contribution in [-0.2, 0) is 16.0 Å². The molecule has 1 aliphatic heterocycles. The van der Waals surface area contributed by atoms with E-state index in [-0.39, 0.29) is 12.0 Å². The van der Waals surface area contributed by atoms with Gasteiger partial charge in [0.1, 0.15) is 16.8 Å². The van der Waals surface area contributed by atoms with Gasteiger partial charge in [0.05, 0.1) is 25.5 Å². The summed E-state index contributed by atoms with van der Waals surface area (Å²) in [5.74, 6) is -0.113. The van der Waals surface area contributed by atoms with Gasteiger partial charge in [0.15, 0.2) is 0 Å². The number of morpholine rings is 1. The molecule has 0 aliphatic carbocycles. The number of carbonyl (C=O) groups is 1. The topological polar surface area (TPSA) is 67.8 Å². The predicted octanol–water partition coefficient (Wildman–Crippen LogP) is 2.74. The second-order valence-corrected chi connectivity index (χ2v) is 7.32. The molecule has 0 N–H and O–H groups in total. The zero-order valence-corrected chi connectivity index (χ0v) is 16.9. The molecule has 3 heterocycles. The van der Waals surface area contributed by atoms with E-state index < -0.39 is 0 Å². The fraction of sp³-hybridized carbons (Fsp3) is 0.526. The lowest BCUT2D eigenvalue weighted by atomic mass is 10.2. The summed E-state index contributed by atoms with van der Waals surface area (Å²) >= 11 is 1.56. The first-order valence-corrected chi connectivity index (χ1v) is 10.1. The summed E-state index contributed by atoms with van der Waals surface area (Å²) in [5, 5.41) is 2.91. The Morgan fingerprint density at radius 2 is 2.22 bits per heavy atom. The molecule has 0 aromatic carbocycles. The van der Waals surface area contributed by atoms with Gasteiger partial charge in [0, 0.05) is 44.0 Å². The largest absolute Gasteiger partial charge is 0.378 e. The molecule has 146 valence electrons. The smallest absolute Gasteiger partial charge is 0.272 e.